The quantitative estimate of drug-likeness (QED) is 0.894. The Kier molecular flexibility index (Phi) is 3.50. The van der Waals surface area contributed by atoms with Crippen LogP contribution in [0.4, 0.5) is 0 Å². The van der Waals surface area contributed by atoms with Crippen molar-refractivity contribution in [3.05, 3.63) is 47.0 Å². The highest BCUT2D eigenvalue weighted by Gasteiger charge is 2.27. The first-order valence-corrected chi connectivity index (χ1v) is 6.95. The zero-order valence-corrected chi connectivity index (χ0v) is 11.5. The number of hydrogen-bond acceptors (Lipinski definition) is 3. The largest absolute Gasteiger partial charge is 0.351 e. The van der Waals surface area contributed by atoms with Crippen molar-refractivity contribution in [2.24, 2.45) is 0 Å². The van der Waals surface area contributed by atoms with Gasteiger partial charge in [-0.3, -0.25) is 14.9 Å². The fraction of sp³-hybridized carbons (Fsp3) is 0.400. The van der Waals surface area contributed by atoms with Gasteiger partial charge in [0, 0.05) is 30.2 Å². The Bertz CT molecular complexity index is 620. The second kappa shape index (κ2) is 5.45. The molecule has 1 aliphatic carbocycles. The van der Waals surface area contributed by atoms with Gasteiger partial charge in [-0.15, -0.1) is 0 Å². The first-order chi connectivity index (χ1) is 9.75. The van der Waals surface area contributed by atoms with E-state index in [-0.39, 0.29) is 11.8 Å². The lowest BCUT2D eigenvalue weighted by Crippen LogP contribution is -2.31. The number of carbonyl (C=O) groups is 1. The minimum absolute atomic E-state index is 0.0698. The molecule has 104 valence electrons. The van der Waals surface area contributed by atoms with Crippen molar-refractivity contribution >= 4 is 5.91 Å². The Balaban J connectivity index is 1.68. The fourth-order valence-electron chi connectivity index (χ4n) is 2.74. The molecule has 0 radical (unpaired) electrons. The van der Waals surface area contributed by atoms with Crippen LogP contribution in [0.15, 0.2) is 24.7 Å². The molecule has 0 aliphatic heterocycles. The second-order valence-electron chi connectivity index (χ2n) is 5.27. The number of aryl methyl sites for hydroxylation is 2. The van der Waals surface area contributed by atoms with Gasteiger partial charge in [-0.05, 0) is 43.4 Å². The van der Waals surface area contributed by atoms with Crippen LogP contribution in [0.5, 0.6) is 0 Å². The standard InChI is InChI=1S/C15H18N4O/c1-10-7-16-6-5-11(10)8-17-15(20)12-3-2-4-14-13(12)9-18-19-14/h5-7,9,12H,2-4,8H2,1H3,(H,17,20)(H,18,19). The number of pyridine rings is 1. The molecule has 1 unspecified atom stereocenters. The third-order valence-corrected chi connectivity index (χ3v) is 3.95. The molecule has 5 heteroatoms. The van der Waals surface area contributed by atoms with Gasteiger partial charge < -0.3 is 5.32 Å². The van der Waals surface area contributed by atoms with Crippen LogP contribution in [-0.4, -0.2) is 21.1 Å². The molecular formula is C15H18N4O. The molecule has 1 amide bonds. The summed E-state index contributed by atoms with van der Waals surface area (Å²) in [7, 11) is 0. The van der Waals surface area contributed by atoms with Crippen molar-refractivity contribution in [3.63, 3.8) is 0 Å². The van der Waals surface area contributed by atoms with Gasteiger partial charge in [0.1, 0.15) is 0 Å². The van der Waals surface area contributed by atoms with Gasteiger partial charge >= 0.3 is 0 Å². The summed E-state index contributed by atoms with van der Waals surface area (Å²) in [5, 5.41) is 10.1. The van der Waals surface area contributed by atoms with Crippen LogP contribution in [0.3, 0.4) is 0 Å². The Hall–Kier alpha value is -2.17. The number of aromatic amines is 1. The number of hydrogen-bond donors (Lipinski definition) is 2. The molecule has 0 spiro atoms. The third kappa shape index (κ3) is 2.43. The number of carbonyl (C=O) groups excluding carboxylic acids is 1. The maximum atomic E-state index is 12.4. The molecular weight excluding hydrogens is 252 g/mol. The highest BCUT2D eigenvalue weighted by Crippen LogP contribution is 2.30. The third-order valence-electron chi connectivity index (χ3n) is 3.95. The molecule has 20 heavy (non-hydrogen) atoms. The summed E-state index contributed by atoms with van der Waals surface area (Å²) >= 11 is 0. The van der Waals surface area contributed by atoms with Gasteiger partial charge in [-0.2, -0.15) is 5.10 Å². The smallest absolute Gasteiger partial charge is 0.227 e. The van der Waals surface area contributed by atoms with Gasteiger partial charge in [-0.25, -0.2) is 0 Å². The minimum atomic E-state index is -0.0698. The van der Waals surface area contributed by atoms with E-state index >= 15 is 0 Å². The van der Waals surface area contributed by atoms with Gasteiger partial charge in [0.25, 0.3) is 0 Å². The van der Waals surface area contributed by atoms with Crippen molar-refractivity contribution in [1.82, 2.24) is 20.5 Å². The zero-order chi connectivity index (χ0) is 13.9. The fourth-order valence-corrected chi connectivity index (χ4v) is 2.74. The average Bonchev–Trinajstić information content (AvgIpc) is 2.94. The van der Waals surface area contributed by atoms with Crippen LogP contribution < -0.4 is 5.32 Å². The molecule has 0 aromatic carbocycles. The number of H-pyrrole nitrogens is 1. The summed E-state index contributed by atoms with van der Waals surface area (Å²) in [5.74, 6) is 0.0169. The van der Waals surface area contributed by atoms with E-state index < -0.39 is 0 Å². The summed E-state index contributed by atoms with van der Waals surface area (Å²) in [4.78, 5) is 16.4. The number of nitrogens with one attached hydrogen (secondary N) is 2. The van der Waals surface area contributed by atoms with Crippen LogP contribution in [0.1, 0.15) is 41.1 Å². The van der Waals surface area contributed by atoms with E-state index in [0.717, 1.165) is 41.6 Å². The van der Waals surface area contributed by atoms with Gasteiger partial charge in [0.2, 0.25) is 5.91 Å². The van der Waals surface area contributed by atoms with E-state index in [9.17, 15) is 4.79 Å². The first kappa shape index (κ1) is 12.8. The van der Waals surface area contributed by atoms with Gasteiger partial charge in [-0.1, -0.05) is 0 Å². The van der Waals surface area contributed by atoms with E-state index in [2.05, 4.69) is 20.5 Å². The predicted molar refractivity (Wildman–Crippen MR) is 75.1 cm³/mol. The van der Waals surface area contributed by atoms with Gasteiger partial charge in [0.15, 0.2) is 0 Å². The first-order valence-electron chi connectivity index (χ1n) is 6.95. The predicted octanol–water partition coefficient (Wildman–Crippen LogP) is 1.85. The van der Waals surface area contributed by atoms with Crippen LogP contribution in [0.25, 0.3) is 0 Å². The number of fused-ring (bicyclic) bond motifs is 1. The van der Waals surface area contributed by atoms with E-state index in [4.69, 9.17) is 0 Å². The Morgan fingerprint density at radius 3 is 3.25 bits per heavy atom. The normalized spacial score (nSPS) is 17.6. The maximum Gasteiger partial charge on any atom is 0.227 e. The number of rotatable bonds is 3. The lowest BCUT2D eigenvalue weighted by Gasteiger charge is -2.21. The van der Waals surface area contributed by atoms with Crippen molar-refractivity contribution < 1.29 is 4.79 Å². The van der Waals surface area contributed by atoms with Crippen molar-refractivity contribution in [1.29, 1.82) is 0 Å². The molecule has 0 bridgehead atoms. The number of nitrogens with zero attached hydrogens (tertiary/aromatic N) is 2. The summed E-state index contributed by atoms with van der Waals surface area (Å²) in [6.07, 6.45) is 8.27. The molecule has 0 saturated heterocycles. The van der Waals surface area contributed by atoms with Crippen molar-refractivity contribution in [2.75, 3.05) is 0 Å². The Morgan fingerprint density at radius 1 is 1.50 bits per heavy atom. The summed E-state index contributed by atoms with van der Waals surface area (Å²) in [6, 6.07) is 1.94. The van der Waals surface area contributed by atoms with E-state index in [1.165, 1.54) is 0 Å². The molecule has 3 rings (SSSR count). The molecule has 2 N–H and O–H groups in total. The van der Waals surface area contributed by atoms with Crippen LogP contribution in [-0.2, 0) is 17.8 Å². The Labute approximate surface area is 117 Å². The van der Waals surface area contributed by atoms with E-state index in [0.29, 0.717) is 6.54 Å². The highest BCUT2D eigenvalue weighted by atomic mass is 16.1. The number of aromatic nitrogens is 3. The van der Waals surface area contributed by atoms with Crippen molar-refractivity contribution in [2.45, 2.75) is 38.6 Å². The highest BCUT2D eigenvalue weighted by molar-refractivity contribution is 5.84. The molecule has 2 aromatic heterocycles. The topological polar surface area (TPSA) is 70.7 Å². The van der Waals surface area contributed by atoms with Crippen LogP contribution in [0.2, 0.25) is 0 Å². The molecule has 2 aromatic rings. The molecule has 2 heterocycles. The summed E-state index contributed by atoms with van der Waals surface area (Å²) < 4.78 is 0. The lowest BCUT2D eigenvalue weighted by molar-refractivity contribution is -0.123. The Morgan fingerprint density at radius 2 is 2.40 bits per heavy atom. The van der Waals surface area contributed by atoms with Crippen LogP contribution >= 0.6 is 0 Å². The molecule has 0 fully saturated rings. The zero-order valence-electron chi connectivity index (χ0n) is 11.5. The van der Waals surface area contributed by atoms with Gasteiger partial charge in [0.05, 0.1) is 12.1 Å². The molecule has 0 saturated carbocycles. The average molecular weight is 270 g/mol. The van der Waals surface area contributed by atoms with Crippen molar-refractivity contribution in [3.8, 4) is 0 Å². The van der Waals surface area contributed by atoms with E-state index in [1.807, 2.05) is 19.2 Å². The monoisotopic (exact) mass is 270 g/mol. The SMILES string of the molecule is Cc1cnccc1CNC(=O)C1CCCc2[nH]ncc21. The van der Waals surface area contributed by atoms with E-state index in [1.54, 1.807) is 12.4 Å². The number of amides is 1. The summed E-state index contributed by atoms with van der Waals surface area (Å²) in [5.41, 5.74) is 4.37. The lowest BCUT2D eigenvalue weighted by atomic mass is 9.86. The summed E-state index contributed by atoms with van der Waals surface area (Å²) in [6.45, 7) is 2.56. The molecule has 1 aliphatic rings. The molecule has 5 nitrogen and oxygen atoms in total. The molecule has 1 atom stereocenters. The maximum absolute atomic E-state index is 12.4. The second-order valence-corrected chi connectivity index (χ2v) is 5.27. The van der Waals surface area contributed by atoms with Crippen LogP contribution in [0, 0.1) is 6.92 Å². The minimum Gasteiger partial charge on any atom is -0.351 e.